The number of hydrogen-bond acceptors (Lipinski definition) is 1. The summed E-state index contributed by atoms with van der Waals surface area (Å²) in [4.78, 5) is 0. The first-order valence-corrected chi connectivity index (χ1v) is 8.62. The van der Waals surface area contributed by atoms with E-state index in [1.807, 2.05) is 0 Å². The Balaban J connectivity index is 3.80. The Bertz CT molecular complexity index is 105. The molecule has 0 saturated heterocycles. The lowest BCUT2D eigenvalue weighted by atomic mass is 10.3. The van der Waals surface area contributed by atoms with E-state index in [4.69, 9.17) is 0 Å². The minimum atomic E-state index is -0.0251. The van der Waals surface area contributed by atoms with Crippen LogP contribution in [0.2, 0.25) is 18.8 Å². The summed E-state index contributed by atoms with van der Waals surface area (Å²) >= 11 is 0. The molecule has 0 aromatic heterocycles. The van der Waals surface area contributed by atoms with Gasteiger partial charge in [-0.25, -0.2) is 0 Å². The van der Waals surface area contributed by atoms with Crippen LogP contribution >= 0.6 is 0 Å². The average molecular weight is 200 g/mol. The van der Waals surface area contributed by atoms with E-state index in [0.29, 0.717) is 12.1 Å². The lowest BCUT2D eigenvalue weighted by Crippen LogP contribution is -2.41. The van der Waals surface area contributed by atoms with Crippen LogP contribution in [-0.4, -0.2) is 35.1 Å². The second-order valence-corrected chi connectivity index (χ2v) is 8.80. The number of hydrogen-bond donors (Lipinski definition) is 0. The van der Waals surface area contributed by atoms with E-state index >= 15 is 0 Å². The predicted molar refractivity (Wildman–Crippen MR) is 60.2 cm³/mol. The second kappa shape index (κ2) is 5.94. The van der Waals surface area contributed by atoms with E-state index in [2.05, 4.69) is 45.4 Å². The first kappa shape index (κ1) is 12.4. The van der Waals surface area contributed by atoms with Gasteiger partial charge in [-0.2, -0.15) is 0 Å². The molecule has 0 atom stereocenters. The summed E-state index contributed by atoms with van der Waals surface area (Å²) in [6.45, 7) is 14.0. The number of nitrogens with zero attached hydrogens (tertiary/aromatic N) is 1. The van der Waals surface area contributed by atoms with Crippen LogP contribution in [0.1, 0.15) is 27.7 Å². The van der Waals surface area contributed by atoms with Crippen molar-refractivity contribution in [2.45, 2.75) is 58.5 Å². The topological polar surface area (TPSA) is 3.24 Å². The molecule has 0 unspecified atom stereocenters. The minimum Gasteiger partial charge on any atom is -0.321 e. The van der Waals surface area contributed by atoms with Crippen molar-refractivity contribution in [2.75, 3.05) is 0 Å². The SMILES string of the molecule is CC(C)N([Si]C[Si](C)C)C(C)C. The van der Waals surface area contributed by atoms with E-state index in [-0.39, 0.29) is 8.80 Å². The van der Waals surface area contributed by atoms with Gasteiger partial charge >= 0.3 is 0 Å². The van der Waals surface area contributed by atoms with Gasteiger partial charge in [0.05, 0.1) is 0 Å². The predicted octanol–water partition coefficient (Wildman–Crippen LogP) is 2.44. The lowest BCUT2D eigenvalue weighted by molar-refractivity contribution is 0.313. The van der Waals surface area contributed by atoms with Crippen LogP contribution in [-0.2, 0) is 0 Å². The van der Waals surface area contributed by atoms with Gasteiger partial charge in [-0.3, -0.25) is 0 Å². The maximum absolute atomic E-state index is 2.61. The van der Waals surface area contributed by atoms with Crippen LogP contribution in [0.15, 0.2) is 0 Å². The highest BCUT2D eigenvalue weighted by atomic mass is 28.3. The Morgan fingerprint density at radius 1 is 1.08 bits per heavy atom. The molecular weight excluding hydrogens is 178 g/mol. The molecule has 0 aromatic rings. The van der Waals surface area contributed by atoms with Gasteiger partial charge in [0.15, 0.2) is 0 Å². The third-order valence-corrected chi connectivity index (χ3v) is 6.59. The van der Waals surface area contributed by atoms with E-state index in [1.165, 1.54) is 5.67 Å². The van der Waals surface area contributed by atoms with Gasteiger partial charge in [0, 0.05) is 8.80 Å². The molecule has 1 nitrogen and oxygen atoms in total. The third kappa shape index (κ3) is 5.11. The standard InChI is InChI=1S/C9H22NSi2/c1-8(2)10(9(3)4)11-7-12(5)6/h8-9H,7H2,1-6H3. The maximum atomic E-state index is 2.61. The van der Waals surface area contributed by atoms with Gasteiger partial charge in [0.2, 0.25) is 0 Å². The van der Waals surface area contributed by atoms with E-state index in [9.17, 15) is 0 Å². The van der Waals surface area contributed by atoms with Gasteiger partial charge in [0.25, 0.3) is 0 Å². The third-order valence-electron chi connectivity index (χ3n) is 1.73. The summed E-state index contributed by atoms with van der Waals surface area (Å²) < 4.78 is 2.61. The fraction of sp³-hybridized carbons (Fsp3) is 1.00. The van der Waals surface area contributed by atoms with Gasteiger partial charge < -0.3 is 4.57 Å². The lowest BCUT2D eigenvalue weighted by Gasteiger charge is -2.30. The summed E-state index contributed by atoms with van der Waals surface area (Å²) in [5.74, 6) is 0. The zero-order chi connectivity index (χ0) is 9.72. The summed E-state index contributed by atoms with van der Waals surface area (Å²) in [6, 6.07) is 1.43. The van der Waals surface area contributed by atoms with Gasteiger partial charge in [-0.1, -0.05) is 46.5 Å². The van der Waals surface area contributed by atoms with Gasteiger partial charge in [-0.05, 0) is 12.1 Å². The van der Waals surface area contributed by atoms with E-state index in [0.717, 1.165) is 9.68 Å². The van der Waals surface area contributed by atoms with Crippen LogP contribution < -0.4 is 0 Å². The van der Waals surface area contributed by atoms with Crippen LogP contribution in [0.5, 0.6) is 0 Å². The van der Waals surface area contributed by atoms with Crippen LogP contribution in [0.25, 0.3) is 0 Å². The molecule has 0 aliphatic heterocycles. The maximum Gasteiger partial charge on any atom is 0.138 e. The minimum absolute atomic E-state index is 0.0251. The van der Waals surface area contributed by atoms with Crippen LogP contribution in [0.3, 0.4) is 0 Å². The molecule has 0 spiro atoms. The molecule has 0 bridgehead atoms. The highest BCUT2D eigenvalue weighted by molar-refractivity contribution is 6.66. The van der Waals surface area contributed by atoms with Crippen LogP contribution in [0.4, 0.5) is 0 Å². The van der Waals surface area contributed by atoms with Crippen molar-refractivity contribution < 1.29 is 0 Å². The highest BCUT2D eigenvalue weighted by Gasteiger charge is 2.14. The smallest absolute Gasteiger partial charge is 0.138 e. The molecule has 0 fully saturated rings. The van der Waals surface area contributed by atoms with Crippen molar-refractivity contribution in [1.29, 1.82) is 0 Å². The fourth-order valence-corrected chi connectivity index (χ4v) is 3.94. The first-order valence-electron chi connectivity index (χ1n) is 4.76. The zero-order valence-electron chi connectivity index (χ0n) is 9.31. The largest absolute Gasteiger partial charge is 0.321 e. The molecule has 3 radical (unpaired) electrons. The fourth-order valence-electron chi connectivity index (χ4n) is 1.21. The Hall–Kier alpha value is 0.394. The Morgan fingerprint density at radius 3 is 1.75 bits per heavy atom. The van der Waals surface area contributed by atoms with Crippen molar-refractivity contribution in [3.05, 3.63) is 0 Å². The molecule has 0 saturated carbocycles. The van der Waals surface area contributed by atoms with Crippen LogP contribution in [0, 0.1) is 0 Å². The van der Waals surface area contributed by atoms with E-state index in [1.54, 1.807) is 0 Å². The Kier molecular flexibility index (Phi) is 6.14. The van der Waals surface area contributed by atoms with Crippen molar-refractivity contribution >= 4 is 18.5 Å². The molecule has 3 heteroatoms. The van der Waals surface area contributed by atoms with Crippen molar-refractivity contribution in [1.82, 2.24) is 4.57 Å². The van der Waals surface area contributed by atoms with Gasteiger partial charge in [-0.15, -0.1) is 0 Å². The second-order valence-electron chi connectivity index (χ2n) is 4.14. The Labute approximate surface area is 82.1 Å². The van der Waals surface area contributed by atoms with Crippen molar-refractivity contribution in [3.8, 4) is 0 Å². The summed E-state index contributed by atoms with van der Waals surface area (Å²) in [5.41, 5.74) is 1.45. The molecule has 0 amide bonds. The normalized spacial score (nSPS) is 12.5. The summed E-state index contributed by atoms with van der Waals surface area (Å²) in [7, 11) is 1.02. The first-order chi connectivity index (χ1) is 5.45. The van der Waals surface area contributed by atoms with Gasteiger partial charge in [0.1, 0.15) is 9.68 Å². The van der Waals surface area contributed by atoms with Crippen molar-refractivity contribution in [3.63, 3.8) is 0 Å². The van der Waals surface area contributed by atoms with E-state index < -0.39 is 0 Å². The highest BCUT2D eigenvalue weighted by Crippen LogP contribution is 2.05. The monoisotopic (exact) mass is 200 g/mol. The molecular formula is C9H22NSi2. The average Bonchev–Trinajstić information content (AvgIpc) is 1.84. The molecule has 0 aliphatic carbocycles. The Morgan fingerprint density at radius 2 is 1.50 bits per heavy atom. The molecule has 0 rings (SSSR count). The quantitative estimate of drug-likeness (QED) is 0.616. The molecule has 0 N–H and O–H groups in total. The molecule has 0 heterocycles. The molecule has 0 aliphatic rings. The molecule has 0 aromatic carbocycles. The zero-order valence-corrected chi connectivity index (χ0v) is 11.3. The van der Waals surface area contributed by atoms with Crippen molar-refractivity contribution in [2.24, 2.45) is 0 Å². The molecule has 12 heavy (non-hydrogen) atoms. The summed E-state index contributed by atoms with van der Waals surface area (Å²) in [5, 5.41) is 0. The molecule has 71 valence electrons. The summed E-state index contributed by atoms with van der Waals surface area (Å²) in [6.07, 6.45) is 0. The number of rotatable bonds is 5.